The Labute approximate surface area is 151 Å². The van der Waals surface area contributed by atoms with Crippen LogP contribution >= 0.6 is 0 Å². The lowest BCUT2D eigenvalue weighted by Gasteiger charge is -2.35. The Balaban J connectivity index is 1.51. The van der Waals surface area contributed by atoms with Crippen LogP contribution in [-0.4, -0.2) is 62.1 Å². The normalized spacial score (nSPS) is 20.7. The van der Waals surface area contributed by atoms with Crippen molar-refractivity contribution in [2.45, 2.75) is 31.7 Å². The maximum Gasteiger partial charge on any atom is 0.315 e. The molecule has 1 aliphatic heterocycles. The Kier molecular flexibility index (Phi) is 6.70. The molecule has 1 heterocycles. The van der Waals surface area contributed by atoms with E-state index in [9.17, 15) is 4.79 Å². The van der Waals surface area contributed by atoms with Crippen LogP contribution < -0.4 is 10.6 Å². The summed E-state index contributed by atoms with van der Waals surface area (Å²) in [5, 5.41) is 6.25. The monoisotopic (exact) mass is 344 g/mol. The minimum Gasteiger partial charge on any atom is -0.338 e. The molecule has 0 bridgehead atoms. The molecule has 1 saturated heterocycles. The summed E-state index contributed by atoms with van der Waals surface area (Å²) in [4.78, 5) is 17.2. The molecular weight excluding hydrogens is 312 g/mol. The summed E-state index contributed by atoms with van der Waals surface area (Å²) >= 11 is 0. The highest BCUT2D eigenvalue weighted by Crippen LogP contribution is 2.28. The highest BCUT2D eigenvalue weighted by atomic mass is 16.2. The number of carbonyl (C=O) groups is 1. The zero-order valence-corrected chi connectivity index (χ0v) is 15.4. The molecule has 2 amide bonds. The molecular formula is C20H32N4O. The van der Waals surface area contributed by atoms with Gasteiger partial charge in [0.1, 0.15) is 0 Å². The Hall–Kier alpha value is -1.59. The van der Waals surface area contributed by atoms with Gasteiger partial charge in [0, 0.05) is 39.3 Å². The van der Waals surface area contributed by atoms with Crippen LogP contribution in [0.2, 0.25) is 0 Å². The van der Waals surface area contributed by atoms with Crippen molar-refractivity contribution in [2.24, 2.45) is 5.92 Å². The molecule has 2 fully saturated rings. The number of likely N-dealkylation sites (N-methyl/N-ethyl adjacent to an activating group) is 1. The Morgan fingerprint density at radius 2 is 1.88 bits per heavy atom. The second-order valence-electron chi connectivity index (χ2n) is 7.55. The van der Waals surface area contributed by atoms with Crippen LogP contribution in [0.4, 0.5) is 4.79 Å². The molecule has 1 aromatic rings. The Bertz CT molecular complexity index is 524. The molecule has 25 heavy (non-hydrogen) atoms. The van der Waals surface area contributed by atoms with Gasteiger partial charge in [0.2, 0.25) is 0 Å². The molecule has 0 aromatic heterocycles. The second-order valence-corrected chi connectivity index (χ2v) is 7.55. The van der Waals surface area contributed by atoms with E-state index < -0.39 is 0 Å². The summed E-state index contributed by atoms with van der Waals surface area (Å²) in [6.45, 7) is 5.96. The van der Waals surface area contributed by atoms with Gasteiger partial charge in [0.15, 0.2) is 0 Å². The minimum atomic E-state index is -0.0395. The molecule has 1 aliphatic carbocycles. The van der Waals surface area contributed by atoms with Gasteiger partial charge in [0.05, 0.1) is 6.04 Å². The van der Waals surface area contributed by atoms with Crippen molar-refractivity contribution >= 4 is 6.03 Å². The summed E-state index contributed by atoms with van der Waals surface area (Å²) in [5.74, 6) is 0.829. The third-order valence-corrected chi connectivity index (χ3v) is 5.61. The fraction of sp³-hybridized carbons (Fsp3) is 0.650. The van der Waals surface area contributed by atoms with Gasteiger partial charge < -0.3 is 15.5 Å². The molecule has 0 unspecified atom stereocenters. The summed E-state index contributed by atoms with van der Waals surface area (Å²) in [6, 6.07) is 10.3. The number of amides is 2. The van der Waals surface area contributed by atoms with Gasteiger partial charge >= 0.3 is 6.03 Å². The molecule has 1 atom stereocenters. The number of rotatable bonds is 7. The first kappa shape index (κ1) is 18.2. The van der Waals surface area contributed by atoms with Gasteiger partial charge in [-0.1, -0.05) is 49.6 Å². The largest absolute Gasteiger partial charge is 0.338 e. The molecule has 0 radical (unpaired) electrons. The van der Waals surface area contributed by atoms with Crippen molar-refractivity contribution in [1.29, 1.82) is 0 Å². The average molecular weight is 345 g/mol. The summed E-state index contributed by atoms with van der Waals surface area (Å²) in [7, 11) is 2.17. The maximum atomic E-state index is 12.4. The quantitative estimate of drug-likeness (QED) is 0.799. The lowest BCUT2D eigenvalue weighted by molar-refractivity contribution is 0.142. The van der Waals surface area contributed by atoms with Crippen molar-refractivity contribution < 1.29 is 4.79 Å². The van der Waals surface area contributed by atoms with Crippen LogP contribution in [0.25, 0.3) is 0 Å². The minimum absolute atomic E-state index is 0.0355. The molecule has 5 nitrogen and oxygen atoms in total. The van der Waals surface area contributed by atoms with Crippen LogP contribution in [0.15, 0.2) is 30.3 Å². The number of benzene rings is 1. The van der Waals surface area contributed by atoms with E-state index in [0.717, 1.165) is 51.6 Å². The molecule has 0 spiro atoms. The van der Waals surface area contributed by atoms with Crippen LogP contribution in [0.5, 0.6) is 0 Å². The summed E-state index contributed by atoms with van der Waals surface area (Å²) in [6.07, 6.45) is 5.14. The van der Waals surface area contributed by atoms with Crippen LogP contribution in [0.1, 0.15) is 37.3 Å². The standard InChI is InChI=1S/C20H32N4O/c1-23-12-14-24(15-13-23)16-19(18-8-3-2-4-9-18)22-20(25)21-11-10-17-6-5-7-17/h2-4,8-9,17,19H,5-7,10-16H2,1H3,(H2,21,22,25)/t19-/m0/s1. The number of hydrogen-bond donors (Lipinski definition) is 2. The third kappa shape index (κ3) is 5.72. The fourth-order valence-electron chi connectivity index (χ4n) is 3.59. The SMILES string of the molecule is CN1CCN(C[C@H](NC(=O)NCCC2CCC2)c2ccccc2)CC1. The summed E-state index contributed by atoms with van der Waals surface area (Å²) < 4.78 is 0. The summed E-state index contributed by atoms with van der Waals surface area (Å²) in [5.41, 5.74) is 1.18. The predicted octanol–water partition coefficient (Wildman–Crippen LogP) is 2.46. The lowest BCUT2D eigenvalue weighted by Crippen LogP contribution is -2.49. The molecule has 5 heteroatoms. The van der Waals surface area contributed by atoms with E-state index in [1.165, 1.54) is 24.8 Å². The van der Waals surface area contributed by atoms with Crippen molar-refractivity contribution in [2.75, 3.05) is 46.3 Å². The zero-order chi connectivity index (χ0) is 17.5. The maximum absolute atomic E-state index is 12.4. The molecule has 138 valence electrons. The average Bonchev–Trinajstić information content (AvgIpc) is 2.59. The molecule has 3 rings (SSSR count). The van der Waals surface area contributed by atoms with Crippen LogP contribution in [0, 0.1) is 5.92 Å². The van der Waals surface area contributed by atoms with Gasteiger partial charge in [0.25, 0.3) is 0 Å². The van der Waals surface area contributed by atoms with E-state index in [2.05, 4.69) is 39.6 Å². The van der Waals surface area contributed by atoms with Crippen molar-refractivity contribution in [1.82, 2.24) is 20.4 Å². The highest BCUT2D eigenvalue weighted by Gasteiger charge is 2.21. The zero-order valence-electron chi connectivity index (χ0n) is 15.4. The molecule has 2 aliphatic rings. The topological polar surface area (TPSA) is 47.6 Å². The predicted molar refractivity (Wildman–Crippen MR) is 102 cm³/mol. The number of nitrogens with zero attached hydrogens (tertiary/aromatic N) is 2. The van der Waals surface area contributed by atoms with Crippen LogP contribution in [0.3, 0.4) is 0 Å². The molecule has 2 N–H and O–H groups in total. The first-order chi connectivity index (χ1) is 12.2. The Morgan fingerprint density at radius 1 is 1.16 bits per heavy atom. The number of carbonyl (C=O) groups excluding carboxylic acids is 1. The van der Waals surface area contributed by atoms with E-state index >= 15 is 0 Å². The first-order valence-electron chi connectivity index (χ1n) is 9.71. The van der Waals surface area contributed by atoms with Gasteiger partial charge in [-0.15, -0.1) is 0 Å². The van der Waals surface area contributed by atoms with Crippen molar-refractivity contribution in [3.63, 3.8) is 0 Å². The number of hydrogen-bond acceptors (Lipinski definition) is 3. The number of urea groups is 1. The van der Waals surface area contributed by atoms with Crippen LogP contribution in [-0.2, 0) is 0 Å². The number of piperazine rings is 1. The van der Waals surface area contributed by atoms with E-state index in [1.807, 2.05) is 18.2 Å². The van der Waals surface area contributed by atoms with Gasteiger partial charge in [-0.25, -0.2) is 4.79 Å². The molecule has 1 aromatic carbocycles. The Morgan fingerprint density at radius 3 is 2.52 bits per heavy atom. The van der Waals surface area contributed by atoms with Crippen molar-refractivity contribution in [3.05, 3.63) is 35.9 Å². The van der Waals surface area contributed by atoms with E-state index in [4.69, 9.17) is 0 Å². The smallest absolute Gasteiger partial charge is 0.315 e. The van der Waals surface area contributed by atoms with Gasteiger partial charge in [-0.05, 0) is 24.9 Å². The molecule has 1 saturated carbocycles. The first-order valence-corrected chi connectivity index (χ1v) is 9.71. The van der Waals surface area contributed by atoms with Gasteiger partial charge in [-0.2, -0.15) is 0 Å². The lowest BCUT2D eigenvalue weighted by atomic mass is 9.83. The van der Waals surface area contributed by atoms with E-state index in [0.29, 0.717) is 0 Å². The highest BCUT2D eigenvalue weighted by molar-refractivity contribution is 5.74. The van der Waals surface area contributed by atoms with E-state index in [-0.39, 0.29) is 12.1 Å². The van der Waals surface area contributed by atoms with Crippen molar-refractivity contribution in [3.8, 4) is 0 Å². The second kappa shape index (κ2) is 9.20. The number of nitrogens with one attached hydrogen (secondary N) is 2. The third-order valence-electron chi connectivity index (χ3n) is 5.61. The van der Waals surface area contributed by atoms with E-state index in [1.54, 1.807) is 0 Å². The van der Waals surface area contributed by atoms with Gasteiger partial charge in [-0.3, -0.25) is 4.90 Å². The fourth-order valence-corrected chi connectivity index (χ4v) is 3.59.